The van der Waals surface area contributed by atoms with E-state index < -0.39 is 0 Å². The Hall–Kier alpha value is 0.913. The van der Waals surface area contributed by atoms with E-state index in [0.29, 0.717) is 0 Å². The summed E-state index contributed by atoms with van der Waals surface area (Å²) in [5.74, 6) is 0. The molecule has 0 heterocycles. The summed E-state index contributed by atoms with van der Waals surface area (Å²) in [7, 11) is 0. The van der Waals surface area contributed by atoms with Crippen LogP contribution < -0.4 is 12.4 Å². The second kappa shape index (κ2) is 7.91. The molecule has 0 nitrogen and oxygen atoms in total. The molecule has 0 saturated heterocycles. The summed E-state index contributed by atoms with van der Waals surface area (Å²) in [5, 5.41) is 0. The SMILES string of the molecule is [CH]1CCCCC1.[Cl-].[Zn]. The van der Waals surface area contributed by atoms with Crippen LogP contribution in [-0.2, 0) is 19.5 Å². The molecule has 0 aromatic rings. The Morgan fingerprint density at radius 2 is 1.38 bits per heavy atom. The molecule has 0 aromatic heterocycles. The Balaban J connectivity index is 0. The van der Waals surface area contributed by atoms with Crippen molar-refractivity contribution in [2.45, 2.75) is 32.1 Å². The monoisotopic (exact) mass is 182 g/mol. The first-order chi connectivity index (χ1) is 3.00. The van der Waals surface area contributed by atoms with Crippen LogP contribution in [-0.4, -0.2) is 0 Å². The predicted molar refractivity (Wildman–Crippen MR) is 27.4 cm³/mol. The minimum absolute atomic E-state index is 0. The van der Waals surface area contributed by atoms with Gasteiger partial charge in [-0.1, -0.05) is 32.1 Å². The molecule has 45 valence electrons. The molecule has 0 aromatic carbocycles. The molecule has 0 spiro atoms. The van der Waals surface area contributed by atoms with E-state index in [-0.39, 0.29) is 31.9 Å². The summed E-state index contributed by atoms with van der Waals surface area (Å²) in [5.41, 5.74) is 0. The van der Waals surface area contributed by atoms with Gasteiger partial charge in [-0.15, -0.1) is 0 Å². The molecular formula is C6H11ClZn-. The van der Waals surface area contributed by atoms with E-state index in [4.69, 9.17) is 0 Å². The standard InChI is InChI=1S/C6H11.ClH.Zn/c1-2-4-6-5-3-1;;/h1H,2-6H2;1H;/p-1. The fourth-order valence-corrected chi connectivity index (χ4v) is 0.898. The molecule has 0 unspecified atom stereocenters. The van der Waals surface area contributed by atoms with Crippen molar-refractivity contribution >= 4 is 0 Å². The van der Waals surface area contributed by atoms with Crippen LogP contribution in [0.5, 0.6) is 0 Å². The molecule has 1 rings (SSSR count). The van der Waals surface area contributed by atoms with Crippen LogP contribution in [0.15, 0.2) is 0 Å². The van der Waals surface area contributed by atoms with Gasteiger partial charge in [-0.25, -0.2) is 0 Å². The molecule has 0 atom stereocenters. The molecule has 2 heteroatoms. The van der Waals surface area contributed by atoms with Crippen LogP contribution in [0.1, 0.15) is 32.1 Å². The van der Waals surface area contributed by atoms with Gasteiger partial charge in [0.05, 0.1) is 0 Å². The van der Waals surface area contributed by atoms with E-state index in [1.54, 1.807) is 0 Å². The van der Waals surface area contributed by atoms with Crippen molar-refractivity contribution in [3.63, 3.8) is 0 Å². The Labute approximate surface area is 70.6 Å². The van der Waals surface area contributed by atoms with E-state index in [2.05, 4.69) is 6.42 Å². The second-order valence-corrected chi connectivity index (χ2v) is 1.93. The van der Waals surface area contributed by atoms with Crippen LogP contribution in [0.4, 0.5) is 0 Å². The fraction of sp³-hybridized carbons (Fsp3) is 0.833. The summed E-state index contributed by atoms with van der Waals surface area (Å²) >= 11 is 0. The van der Waals surface area contributed by atoms with Crippen LogP contribution in [0.2, 0.25) is 0 Å². The van der Waals surface area contributed by atoms with Crippen molar-refractivity contribution in [3.8, 4) is 0 Å². The fourth-order valence-electron chi connectivity index (χ4n) is 0.898. The third-order valence-corrected chi connectivity index (χ3v) is 1.32. The molecule has 1 aliphatic rings. The van der Waals surface area contributed by atoms with Gasteiger partial charge in [-0.3, -0.25) is 0 Å². The molecule has 0 bridgehead atoms. The first-order valence-electron chi connectivity index (χ1n) is 2.82. The Kier molecular flexibility index (Phi) is 11.6. The maximum atomic E-state index is 2.39. The van der Waals surface area contributed by atoms with Gasteiger partial charge in [0.25, 0.3) is 0 Å². The van der Waals surface area contributed by atoms with Crippen molar-refractivity contribution in [1.82, 2.24) is 0 Å². The predicted octanol–water partition coefficient (Wildman–Crippen LogP) is -0.844. The van der Waals surface area contributed by atoms with Gasteiger partial charge in [0.1, 0.15) is 0 Å². The van der Waals surface area contributed by atoms with Gasteiger partial charge in [0.2, 0.25) is 0 Å². The molecule has 0 amide bonds. The molecule has 1 saturated carbocycles. The summed E-state index contributed by atoms with van der Waals surface area (Å²) < 4.78 is 0. The molecule has 8 heavy (non-hydrogen) atoms. The average Bonchev–Trinajstić information content (AvgIpc) is 1.72. The molecule has 0 N–H and O–H groups in total. The summed E-state index contributed by atoms with van der Waals surface area (Å²) in [6.45, 7) is 0. The second-order valence-electron chi connectivity index (χ2n) is 1.93. The topological polar surface area (TPSA) is 0 Å². The zero-order valence-electron chi connectivity index (χ0n) is 5.20. The zero-order valence-corrected chi connectivity index (χ0v) is 8.92. The van der Waals surface area contributed by atoms with Crippen LogP contribution in [0.3, 0.4) is 0 Å². The number of halogens is 1. The van der Waals surface area contributed by atoms with E-state index in [1.165, 1.54) is 32.1 Å². The Morgan fingerprint density at radius 3 is 1.50 bits per heavy atom. The van der Waals surface area contributed by atoms with Gasteiger partial charge >= 0.3 is 0 Å². The van der Waals surface area contributed by atoms with Gasteiger partial charge in [-0.05, 0) is 6.42 Å². The Morgan fingerprint density at radius 1 is 0.875 bits per heavy atom. The normalized spacial score (nSPS) is 18.0. The van der Waals surface area contributed by atoms with E-state index in [0.717, 1.165) is 0 Å². The minimum atomic E-state index is 0. The van der Waals surface area contributed by atoms with Gasteiger partial charge in [0, 0.05) is 19.5 Å². The first kappa shape index (κ1) is 11.7. The van der Waals surface area contributed by atoms with Crippen molar-refractivity contribution in [3.05, 3.63) is 6.42 Å². The van der Waals surface area contributed by atoms with Crippen molar-refractivity contribution in [2.75, 3.05) is 0 Å². The van der Waals surface area contributed by atoms with E-state index in [1.807, 2.05) is 0 Å². The van der Waals surface area contributed by atoms with Crippen molar-refractivity contribution < 1.29 is 31.9 Å². The summed E-state index contributed by atoms with van der Waals surface area (Å²) in [6, 6.07) is 0. The van der Waals surface area contributed by atoms with Gasteiger partial charge < -0.3 is 12.4 Å². The van der Waals surface area contributed by atoms with Crippen LogP contribution >= 0.6 is 0 Å². The molecule has 1 aliphatic carbocycles. The van der Waals surface area contributed by atoms with Crippen molar-refractivity contribution in [1.29, 1.82) is 0 Å². The minimum Gasteiger partial charge on any atom is -1.00 e. The first-order valence-corrected chi connectivity index (χ1v) is 2.82. The third-order valence-electron chi connectivity index (χ3n) is 1.32. The maximum absolute atomic E-state index is 2.39. The third kappa shape index (κ3) is 5.06. The van der Waals surface area contributed by atoms with Gasteiger partial charge in [0.15, 0.2) is 0 Å². The Bertz CT molecular complexity index is 24.0. The van der Waals surface area contributed by atoms with E-state index in [9.17, 15) is 0 Å². The quantitative estimate of drug-likeness (QED) is 0.430. The molecular weight excluding hydrogens is 173 g/mol. The van der Waals surface area contributed by atoms with Gasteiger partial charge in [-0.2, -0.15) is 0 Å². The number of rotatable bonds is 0. The summed E-state index contributed by atoms with van der Waals surface area (Å²) in [6.07, 6.45) is 9.50. The summed E-state index contributed by atoms with van der Waals surface area (Å²) in [4.78, 5) is 0. The number of hydrogen-bond donors (Lipinski definition) is 0. The van der Waals surface area contributed by atoms with Crippen LogP contribution in [0.25, 0.3) is 0 Å². The molecule has 0 aliphatic heterocycles. The molecule has 1 radical (unpaired) electrons. The van der Waals surface area contributed by atoms with Crippen molar-refractivity contribution in [2.24, 2.45) is 0 Å². The van der Waals surface area contributed by atoms with E-state index >= 15 is 0 Å². The number of hydrogen-bond acceptors (Lipinski definition) is 0. The zero-order chi connectivity index (χ0) is 4.24. The molecule has 1 fully saturated rings. The maximum Gasteiger partial charge on any atom is 0 e. The average molecular weight is 184 g/mol. The largest absolute Gasteiger partial charge is 1.00 e. The van der Waals surface area contributed by atoms with Crippen LogP contribution in [0, 0.1) is 6.42 Å². The smallest absolute Gasteiger partial charge is 0 e.